The van der Waals surface area contributed by atoms with E-state index in [-0.39, 0.29) is 11.4 Å². The molecule has 0 fully saturated rings. The fraction of sp³-hybridized carbons (Fsp3) is 0.364. The van der Waals surface area contributed by atoms with Gasteiger partial charge < -0.3 is 5.73 Å². The summed E-state index contributed by atoms with van der Waals surface area (Å²) >= 11 is 0. The molecule has 0 aromatic carbocycles. The predicted molar refractivity (Wildman–Crippen MR) is 56.5 cm³/mol. The van der Waals surface area contributed by atoms with Gasteiger partial charge in [0.25, 0.3) is 0 Å². The van der Waals surface area contributed by atoms with Gasteiger partial charge in [0.2, 0.25) is 5.91 Å². The minimum atomic E-state index is -1.01. The molecule has 4 nitrogen and oxygen atoms in total. The molecule has 0 bridgehead atoms. The molecule has 1 atom stereocenters. The van der Waals surface area contributed by atoms with Gasteiger partial charge in [-0.2, -0.15) is 5.26 Å². The summed E-state index contributed by atoms with van der Waals surface area (Å²) in [7, 11) is 0. The highest BCUT2D eigenvalue weighted by molar-refractivity contribution is 6.09. The van der Waals surface area contributed by atoms with Gasteiger partial charge in [0, 0.05) is 0 Å². The fourth-order valence-corrected chi connectivity index (χ4v) is 0.998. The number of nitrogens with zero attached hydrogens (tertiary/aromatic N) is 1. The number of ketones is 1. The normalized spacial score (nSPS) is 23.3. The Labute approximate surface area is 89.1 Å². The molecule has 0 spiro atoms. The third-order valence-electron chi connectivity index (χ3n) is 1.94. The first-order chi connectivity index (χ1) is 6.99. The number of hydrogen-bond donors (Lipinski definition) is 1. The van der Waals surface area contributed by atoms with E-state index in [1.807, 2.05) is 13.8 Å². The van der Waals surface area contributed by atoms with E-state index in [1.165, 1.54) is 18.2 Å². The molecular formula is C11H14N2O2. The molecule has 1 aliphatic rings. The lowest BCUT2D eigenvalue weighted by atomic mass is 9.82. The molecule has 0 saturated carbocycles. The summed E-state index contributed by atoms with van der Waals surface area (Å²) in [6.07, 6.45) is 3.89. The van der Waals surface area contributed by atoms with Crippen LogP contribution in [-0.2, 0) is 9.59 Å². The predicted octanol–water partition coefficient (Wildman–Crippen LogP) is 1.09. The van der Waals surface area contributed by atoms with Crippen molar-refractivity contribution in [3.8, 4) is 6.07 Å². The highest BCUT2D eigenvalue weighted by Crippen LogP contribution is 2.25. The number of nitrogens with two attached hydrogens (primary N) is 1. The van der Waals surface area contributed by atoms with Gasteiger partial charge in [-0.15, -0.1) is 0 Å². The molecule has 0 aromatic rings. The minimum absolute atomic E-state index is 0.0381. The molecule has 0 heterocycles. The number of primary amides is 1. The van der Waals surface area contributed by atoms with E-state index < -0.39 is 11.3 Å². The van der Waals surface area contributed by atoms with Crippen molar-refractivity contribution in [3.63, 3.8) is 0 Å². The van der Waals surface area contributed by atoms with Crippen LogP contribution in [0.1, 0.15) is 20.8 Å². The minimum Gasteiger partial charge on any atom is -0.369 e. The van der Waals surface area contributed by atoms with Crippen molar-refractivity contribution in [2.75, 3.05) is 0 Å². The molecule has 0 saturated heterocycles. The third-order valence-corrected chi connectivity index (χ3v) is 1.94. The maximum absolute atomic E-state index is 11.0. The Morgan fingerprint density at radius 3 is 2.47 bits per heavy atom. The highest BCUT2D eigenvalue weighted by atomic mass is 16.1. The molecule has 2 N–H and O–H groups in total. The summed E-state index contributed by atoms with van der Waals surface area (Å²) in [6.45, 7) is 5.55. The lowest BCUT2D eigenvalue weighted by Gasteiger charge is -2.20. The van der Waals surface area contributed by atoms with Gasteiger partial charge in [-0.1, -0.05) is 19.9 Å². The van der Waals surface area contributed by atoms with Crippen LogP contribution in [0.25, 0.3) is 0 Å². The monoisotopic (exact) mass is 206 g/mol. The number of carbonyl (C=O) groups is 2. The largest absolute Gasteiger partial charge is 0.369 e. The van der Waals surface area contributed by atoms with Crippen LogP contribution in [-0.4, -0.2) is 11.7 Å². The first-order valence-corrected chi connectivity index (χ1v) is 4.66. The smallest absolute Gasteiger partial charge is 0.231 e. The number of allylic oxidation sites excluding steroid dienone is 2. The molecule has 15 heavy (non-hydrogen) atoms. The lowest BCUT2D eigenvalue weighted by molar-refractivity contribution is -0.122. The van der Waals surface area contributed by atoms with Crippen LogP contribution < -0.4 is 5.73 Å². The van der Waals surface area contributed by atoms with E-state index in [0.717, 1.165) is 0 Å². The maximum atomic E-state index is 11.0. The molecule has 1 unspecified atom stereocenters. The Morgan fingerprint density at radius 1 is 1.53 bits per heavy atom. The molecule has 1 amide bonds. The topological polar surface area (TPSA) is 84.0 Å². The van der Waals surface area contributed by atoms with Crippen molar-refractivity contribution in [3.05, 3.63) is 23.8 Å². The maximum Gasteiger partial charge on any atom is 0.231 e. The summed E-state index contributed by atoms with van der Waals surface area (Å²) in [4.78, 5) is 22.0. The zero-order valence-corrected chi connectivity index (χ0v) is 9.07. The highest BCUT2D eigenvalue weighted by Gasteiger charge is 2.30. The summed E-state index contributed by atoms with van der Waals surface area (Å²) < 4.78 is 0. The molecule has 1 rings (SSSR count). The SMILES string of the molecule is CC.CC1(C(N)=O)C=CC(=O)C(C#N)=C1. The Balaban J connectivity index is 0.000000921. The van der Waals surface area contributed by atoms with Crippen molar-refractivity contribution in [2.24, 2.45) is 11.1 Å². The van der Waals surface area contributed by atoms with Gasteiger partial charge in [-0.25, -0.2) is 0 Å². The van der Waals surface area contributed by atoms with Crippen LogP contribution >= 0.6 is 0 Å². The van der Waals surface area contributed by atoms with E-state index in [9.17, 15) is 9.59 Å². The van der Waals surface area contributed by atoms with Crippen LogP contribution in [0.4, 0.5) is 0 Å². The van der Waals surface area contributed by atoms with E-state index >= 15 is 0 Å². The average Bonchev–Trinajstić information content (AvgIpc) is 2.24. The van der Waals surface area contributed by atoms with Crippen LogP contribution in [0, 0.1) is 16.7 Å². The number of carbonyl (C=O) groups excluding carboxylic acids is 2. The molecule has 0 aliphatic heterocycles. The van der Waals surface area contributed by atoms with Crippen molar-refractivity contribution < 1.29 is 9.59 Å². The standard InChI is InChI=1S/C9H8N2O2.C2H6/c1-9(8(11)13)3-2-7(12)6(4-9)5-10;1-2/h2-4H,1H3,(H2,11,13);1-2H3. The van der Waals surface area contributed by atoms with Crippen LogP contribution in [0.2, 0.25) is 0 Å². The molecular weight excluding hydrogens is 192 g/mol. The van der Waals surface area contributed by atoms with Crippen molar-refractivity contribution in [2.45, 2.75) is 20.8 Å². The van der Waals surface area contributed by atoms with Gasteiger partial charge in [0.15, 0.2) is 5.78 Å². The molecule has 1 aliphatic carbocycles. The molecule has 0 aromatic heterocycles. The number of nitriles is 1. The number of rotatable bonds is 1. The van der Waals surface area contributed by atoms with E-state index in [2.05, 4.69) is 0 Å². The number of hydrogen-bond acceptors (Lipinski definition) is 3. The van der Waals surface area contributed by atoms with E-state index in [4.69, 9.17) is 11.0 Å². The zero-order chi connectivity index (χ0) is 12.1. The quantitative estimate of drug-likeness (QED) is 0.697. The molecule has 4 heteroatoms. The van der Waals surface area contributed by atoms with Crippen LogP contribution in [0.5, 0.6) is 0 Å². The average molecular weight is 206 g/mol. The zero-order valence-electron chi connectivity index (χ0n) is 9.07. The Kier molecular flexibility index (Phi) is 4.46. The van der Waals surface area contributed by atoms with Gasteiger partial charge in [0.1, 0.15) is 6.07 Å². The number of amides is 1. The van der Waals surface area contributed by atoms with E-state index in [0.29, 0.717) is 0 Å². The Morgan fingerprint density at radius 2 is 2.07 bits per heavy atom. The second-order valence-electron chi connectivity index (χ2n) is 3.01. The second-order valence-corrected chi connectivity index (χ2v) is 3.01. The van der Waals surface area contributed by atoms with Gasteiger partial charge in [-0.3, -0.25) is 9.59 Å². The molecule has 0 radical (unpaired) electrons. The second kappa shape index (κ2) is 5.11. The van der Waals surface area contributed by atoms with Crippen LogP contribution in [0.15, 0.2) is 23.8 Å². The van der Waals surface area contributed by atoms with E-state index in [1.54, 1.807) is 13.0 Å². The molecule has 80 valence electrons. The first kappa shape index (κ1) is 13.1. The Bertz CT molecular complexity index is 375. The van der Waals surface area contributed by atoms with Crippen molar-refractivity contribution in [1.29, 1.82) is 5.26 Å². The fourth-order valence-electron chi connectivity index (χ4n) is 0.998. The summed E-state index contributed by atoms with van der Waals surface area (Å²) in [5.74, 6) is -0.967. The third kappa shape index (κ3) is 2.78. The van der Waals surface area contributed by atoms with Gasteiger partial charge in [-0.05, 0) is 19.1 Å². The Hall–Kier alpha value is -1.89. The first-order valence-electron chi connectivity index (χ1n) is 4.66. The van der Waals surface area contributed by atoms with Gasteiger partial charge >= 0.3 is 0 Å². The van der Waals surface area contributed by atoms with Crippen LogP contribution in [0.3, 0.4) is 0 Å². The summed E-state index contributed by atoms with van der Waals surface area (Å²) in [5, 5.41) is 8.55. The van der Waals surface area contributed by atoms with Crippen molar-refractivity contribution in [1.82, 2.24) is 0 Å². The summed E-state index contributed by atoms with van der Waals surface area (Å²) in [6, 6.07) is 1.72. The summed E-state index contributed by atoms with van der Waals surface area (Å²) in [5.41, 5.74) is 4.06. The lowest BCUT2D eigenvalue weighted by Crippen LogP contribution is -2.33. The van der Waals surface area contributed by atoms with Gasteiger partial charge in [0.05, 0.1) is 11.0 Å². The van der Waals surface area contributed by atoms with Crippen molar-refractivity contribution >= 4 is 11.7 Å².